The highest BCUT2D eigenvalue weighted by Gasteiger charge is 2.20. The maximum absolute atomic E-state index is 11.1. The Bertz CT molecular complexity index is 240. The molecule has 3 heteroatoms. The summed E-state index contributed by atoms with van der Waals surface area (Å²) in [4.78, 5) is 11.1. The zero-order chi connectivity index (χ0) is 12.0. The second kappa shape index (κ2) is 6.69. The third kappa shape index (κ3) is 4.35. The molecule has 0 amide bonds. The molecule has 0 atom stereocenters. The van der Waals surface area contributed by atoms with E-state index >= 15 is 0 Å². The highest BCUT2D eigenvalue weighted by Crippen LogP contribution is 2.30. The Balaban J connectivity index is 2.11. The molecule has 16 heavy (non-hydrogen) atoms. The van der Waals surface area contributed by atoms with Crippen LogP contribution in [0, 0.1) is 11.8 Å². The SMILES string of the molecule is C=C(C)C(=O)OCCC1CCC(CO)CC1. The third-order valence-electron chi connectivity index (χ3n) is 3.33. The quantitative estimate of drug-likeness (QED) is 0.578. The number of aliphatic hydroxyl groups excluding tert-OH is 1. The van der Waals surface area contributed by atoms with Gasteiger partial charge >= 0.3 is 5.97 Å². The van der Waals surface area contributed by atoms with Crippen LogP contribution in [-0.2, 0) is 9.53 Å². The van der Waals surface area contributed by atoms with Gasteiger partial charge in [0.05, 0.1) is 6.61 Å². The van der Waals surface area contributed by atoms with Gasteiger partial charge < -0.3 is 9.84 Å². The van der Waals surface area contributed by atoms with Crippen molar-refractivity contribution in [2.75, 3.05) is 13.2 Å². The lowest BCUT2D eigenvalue weighted by molar-refractivity contribution is -0.139. The molecule has 0 bridgehead atoms. The molecule has 1 rings (SSSR count). The summed E-state index contributed by atoms with van der Waals surface area (Å²) in [7, 11) is 0. The molecule has 1 fully saturated rings. The van der Waals surface area contributed by atoms with Gasteiger partial charge in [-0.1, -0.05) is 6.58 Å². The summed E-state index contributed by atoms with van der Waals surface area (Å²) < 4.78 is 5.07. The van der Waals surface area contributed by atoms with E-state index in [-0.39, 0.29) is 5.97 Å². The summed E-state index contributed by atoms with van der Waals surface area (Å²) in [5.41, 5.74) is 0.462. The van der Waals surface area contributed by atoms with Crippen molar-refractivity contribution in [1.82, 2.24) is 0 Å². The van der Waals surface area contributed by atoms with Gasteiger partial charge in [0.15, 0.2) is 0 Å². The molecular weight excluding hydrogens is 204 g/mol. The van der Waals surface area contributed by atoms with Crippen molar-refractivity contribution >= 4 is 5.97 Å². The minimum atomic E-state index is -0.288. The van der Waals surface area contributed by atoms with Gasteiger partial charge in [-0.05, 0) is 50.9 Å². The lowest BCUT2D eigenvalue weighted by Crippen LogP contribution is -2.19. The van der Waals surface area contributed by atoms with E-state index in [1.807, 2.05) is 0 Å². The van der Waals surface area contributed by atoms with Crippen LogP contribution in [0.5, 0.6) is 0 Å². The van der Waals surface area contributed by atoms with Crippen LogP contribution in [0.25, 0.3) is 0 Å². The van der Waals surface area contributed by atoms with Gasteiger partial charge in [-0.2, -0.15) is 0 Å². The third-order valence-corrected chi connectivity index (χ3v) is 3.33. The zero-order valence-electron chi connectivity index (χ0n) is 10.1. The van der Waals surface area contributed by atoms with E-state index in [0.717, 1.165) is 32.1 Å². The second-order valence-corrected chi connectivity index (χ2v) is 4.77. The van der Waals surface area contributed by atoms with E-state index in [9.17, 15) is 4.79 Å². The molecule has 1 saturated carbocycles. The Kier molecular flexibility index (Phi) is 5.53. The molecule has 1 N–H and O–H groups in total. The van der Waals surface area contributed by atoms with E-state index in [2.05, 4.69) is 6.58 Å². The predicted octanol–water partition coefficient (Wildman–Crippen LogP) is 2.29. The van der Waals surface area contributed by atoms with Crippen molar-refractivity contribution in [3.8, 4) is 0 Å². The van der Waals surface area contributed by atoms with Gasteiger partial charge in [0.1, 0.15) is 0 Å². The Hall–Kier alpha value is -0.830. The number of ether oxygens (including phenoxy) is 1. The number of esters is 1. The summed E-state index contributed by atoms with van der Waals surface area (Å²) >= 11 is 0. The van der Waals surface area contributed by atoms with E-state index < -0.39 is 0 Å². The Labute approximate surface area is 97.5 Å². The van der Waals surface area contributed by atoms with Gasteiger partial charge in [-0.25, -0.2) is 4.79 Å². The highest BCUT2D eigenvalue weighted by molar-refractivity contribution is 5.86. The predicted molar refractivity (Wildman–Crippen MR) is 62.9 cm³/mol. The maximum Gasteiger partial charge on any atom is 0.333 e. The average Bonchev–Trinajstić information content (AvgIpc) is 2.29. The number of carbonyl (C=O) groups excluding carboxylic acids is 1. The number of rotatable bonds is 5. The van der Waals surface area contributed by atoms with Crippen LogP contribution in [0.4, 0.5) is 0 Å². The molecule has 0 unspecified atom stereocenters. The molecule has 0 heterocycles. The summed E-state index contributed by atoms with van der Waals surface area (Å²) in [5, 5.41) is 9.01. The number of hydrogen-bond acceptors (Lipinski definition) is 3. The Morgan fingerprint density at radius 3 is 2.38 bits per heavy atom. The molecule has 3 nitrogen and oxygen atoms in total. The molecule has 0 saturated heterocycles. The Morgan fingerprint density at radius 1 is 1.31 bits per heavy atom. The van der Waals surface area contributed by atoms with Crippen LogP contribution in [0.3, 0.4) is 0 Å². The highest BCUT2D eigenvalue weighted by atomic mass is 16.5. The van der Waals surface area contributed by atoms with E-state index in [1.54, 1.807) is 6.92 Å². The maximum atomic E-state index is 11.1. The first-order chi connectivity index (χ1) is 7.63. The number of carbonyl (C=O) groups is 1. The Morgan fingerprint density at radius 2 is 1.88 bits per heavy atom. The molecule has 1 aliphatic rings. The summed E-state index contributed by atoms with van der Waals surface area (Å²) in [5.74, 6) is 0.860. The fourth-order valence-corrected chi connectivity index (χ4v) is 2.14. The van der Waals surface area contributed by atoms with Crippen molar-refractivity contribution in [1.29, 1.82) is 0 Å². The molecule has 92 valence electrons. The fraction of sp³-hybridized carbons (Fsp3) is 0.769. The van der Waals surface area contributed by atoms with Gasteiger partial charge in [-0.3, -0.25) is 0 Å². The lowest BCUT2D eigenvalue weighted by Gasteiger charge is -2.26. The molecule has 0 aromatic carbocycles. The van der Waals surface area contributed by atoms with Gasteiger partial charge in [0.2, 0.25) is 0 Å². The number of hydrogen-bond donors (Lipinski definition) is 1. The van der Waals surface area contributed by atoms with Gasteiger partial charge in [0, 0.05) is 12.2 Å². The molecule has 0 aromatic heterocycles. The minimum absolute atomic E-state index is 0.288. The van der Waals surface area contributed by atoms with E-state index in [0.29, 0.717) is 30.6 Å². The topological polar surface area (TPSA) is 46.5 Å². The van der Waals surface area contributed by atoms with Crippen molar-refractivity contribution in [3.63, 3.8) is 0 Å². The summed E-state index contributed by atoms with van der Waals surface area (Å²) in [6.45, 7) is 6.02. The van der Waals surface area contributed by atoms with Crippen LogP contribution in [-0.4, -0.2) is 24.3 Å². The molecular formula is C13H22O3. The monoisotopic (exact) mass is 226 g/mol. The van der Waals surface area contributed by atoms with Crippen LogP contribution in [0.1, 0.15) is 39.0 Å². The van der Waals surface area contributed by atoms with Crippen LogP contribution >= 0.6 is 0 Å². The summed E-state index contributed by atoms with van der Waals surface area (Å²) in [6.07, 6.45) is 5.45. The van der Waals surface area contributed by atoms with Gasteiger partial charge in [0.25, 0.3) is 0 Å². The zero-order valence-corrected chi connectivity index (χ0v) is 10.1. The largest absolute Gasteiger partial charge is 0.462 e. The van der Waals surface area contributed by atoms with Crippen molar-refractivity contribution in [2.45, 2.75) is 39.0 Å². The van der Waals surface area contributed by atoms with Crippen LogP contribution in [0.15, 0.2) is 12.2 Å². The van der Waals surface area contributed by atoms with Crippen molar-refractivity contribution in [2.24, 2.45) is 11.8 Å². The van der Waals surface area contributed by atoms with Crippen molar-refractivity contribution in [3.05, 3.63) is 12.2 Å². The van der Waals surface area contributed by atoms with Crippen LogP contribution in [0.2, 0.25) is 0 Å². The molecule has 0 radical (unpaired) electrons. The first kappa shape index (κ1) is 13.2. The average molecular weight is 226 g/mol. The fourth-order valence-electron chi connectivity index (χ4n) is 2.14. The standard InChI is InChI=1S/C13H22O3/c1-10(2)13(15)16-8-7-11-3-5-12(9-14)6-4-11/h11-12,14H,1,3-9H2,2H3. The van der Waals surface area contributed by atoms with Crippen LogP contribution < -0.4 is 0 Å². The molecule has 1 aliphatic carbocycles. The first-order valence-electron chi connectivity index (χ1n) is 6.07. The number of aliphatic hydroxyl groups is 1. The molecule has 0 spiro atoms. The minimum Gasteiger partial charge on any atom is -0.462 e. The lowest BCUT2D eigenvalue weighted by atomic mass is 9.81. The smallest absolute Gasteiger partial charge is 0.333 e. The second-order valence-electron chi connectivity index (χ2n) is 4.77. The normalized spacial score (nSPS) is 25.1. The first-order valence-corrected chi connectivity index (χ1v) is 6.07. The molecule has 0 aromatic rings. The molecule has 0 aliphatic heterocycles. The van der Waals surface area contributed by atoms with Gasteiger partial charge in [-0.15, -0.1) is 0 Å². The van der Waals surface area contributed by atoms with E-state index in [4.69, 9.17) is 9.84 Å². The van der Waals surface area contributed by atoms with Crippen molar-refractivity contribution < 1.29 is 14.6 Å². The summed E-state index contributed by atoms with van der Waals surface area (Å²) in [6, 6.07) is 0. The van der Waals surface area contributed by atoms with E-state index in [1.165, 1.54) is 0 Å².